The van der Waals surface area contributed by atoms with E-state index in [2.05, 4.69) is 15.0 Å². The minimum absolute atomic E-state index is 0.0671. The number of ether oxygens (including phenoxy) is 1. The van der Waals surface area contributed by atoms with Gasteiger partial charge >= 0.3 is 6.36 Å². The van der Waals surface area contributed by atoms with Crippen LogP contribution in [0.2, 0.25) is 0 Å². The lowest BCUT2D eigenvalue weighted by atomic mass is 10.0. The van der Waals surface area contributed by atoms with Crippen molar-refractivity contribution < 1.29 is 39.5 Å². The Balaban J connectivity index is 1.58. The summed E-state index contributed by atoms with van der Waals surface area (Å²) < 4.78 is 96.5. The molecule has 14 heteroatoms. The van der Waals surface area contributed by atoms with Crippen LogP contribution in [0.25, 0.3) is 0 Å². The number of carbonyl (C=O) groups is 1. The first-order valence-corrected chi connectivity index (χ1v) is 16.7. The van der Waals surface area contributed by atoms with Crippen LogP contribution in [-0.4, -0.2) is 56.2 Å². The number of pyridine rings is 1. The lowest BCUT2D eigenvalue weighted by Gasteiger charge is -2.37. The van der Waals surface area contributed by atoms with E-state index >= 15 is 0 Å². The average molecular weight is 640 g/mol. The Bertz CT molecular complexity index is 1610. The number of sulfone groups is 1. The molecule has 1 N–H and O–H groups in total. The van der Waals surface area contributed by atoms with Gasteiger partial charge in [-0.3, -0.25) is 9.78 Å². The van der Waals surface area contributed by atoms with Crippen molar-refractivity contribution in [2.45, 2.75) is 67.5 Å². The van der Waals surface area contributed by atoms with Crippen molar-refractivity contribution in [3.63, 3.8) is 0 Å². The molecule has 2 atom stereocenters. The van der Waals surface area contributed by atoms with Gasteiger partial charge < -0.3 is 10.1 Å². The fourth-order valence-electron chi connectivity index (χ4n) is 4.87. The zero-order valence-corrected chi connectivity index (χ0v) is 25.1. The largest absolute Gasteiger partial charge is 0.573 e. The highest BCUT2D eigenvalue weighted by Gasteiger charge is 2.44. The SMILES string of the molecule is CC(C)c1ccc(CNC(=O)[C@H]2C[C@H](S(=O)(=O)Cc3ccncc3)CCN2S(=O)(=O)c2ccc(OC(F)(F)F)cc2)cc1. The number of rotatable bonds is 10. The molecule has 1 aromatic heterocycles. The predicted octanol–water partition coefficient (Wildman–Crippen LogP) is 4.56. The fourth-order valence-corrected chi connectivity index (χ4v) is 8.31. The summed E-state index contributed by atoms with van der Waals surface area (Å²) >= 11 is 0. The molecule has 0 bridgehead atoms. The first kappa shape index (κ1) is 32.4. The smallest absolute Gasteiger partial charge is 0.406 e. The van der Waals surface area contributed by atoms with Crippen LogP contribution in [0.3, 0.4) is 0 Å². The van der Waals surface area contributed by atoms with Gasteiger partial charge in [0.2, 0.25) is 15.9 Å². The van der Waals surface area contributed by atoms with Crippen molar-refractivity contribution >= 4 is 25.8 Å². The summed E-state index contributed by atoms with van der Waals surface area (Å²) in [5.41, 5.74) is 2.38. The lowest BCUT2D eigenvalue weighted by molar-refractivity contribution is -0.274. The molecule has 43 heavy (non-hydrogen) atoms. The molecule has 1 fully saturated rings. The first-order valence-electron chi connectivity index (χ1n) is 13.5. The second kappa shape index (κ2) is 13.0. The van der Waals surface area contributed by atoms with Gasteiger partial charge in [-0.2, -0.15) is 4.31 Å². The Morgan fingerprint density at radius 1 is 0.977 bits per heavy atom. The molecule has 1 amide bonds. The number of halogens is 3. The van der Waals surface area contributed by atoms with Crippen molar-refractivity contribution in [3.05, 3.63) is 89.7 Å². The standard InChI is InChI=1S/C29H32F3N3O6S2/c1-20(2)23-5-3-21(4-6-23)18-34-28(36)27-17-26(42(37,38)19-22-11-14-33-15-12-22)13-16-35(27)43(39,40)25-9-7-24(8-10-25)41-29(30,31)32/h3-12,14-15,20,26-27H,13,16-19H2,1-2H3,(H,34,36)/t26-,27-/m1/s1. The van der Waals surface area contributed by atoms with E-state index in [9.17, 15) is 34.8 Å². The zero-order chi connectivity index (χ0) is 31.4. The van der Waals surface area contributed by atoms with Crippen molar-refractivity contribution in [3.8, 4) is 5.75 Å². The molecule has 3 aromatic rings. The number of alkyl halides is 3. The molecule has 2 heterocycles. The van der Waals surface area contributed by atoms with E-state index in [0.29, 0.717) is 11.5 Å². The van der Waals surface area contributed by atoms with E-state index in [1.807, 2.05) is 38.1 Å². The summed E-state index contributed by atoms with van der Waals surface area (Å²) in [7, 11) is -8.20. The molecule has 1 aliphatic heterocycles. The Morgan fingerprint density at radius 3 is 2.19 bits per heavy atom. The van der Waals surface area contributed by atoms with Crippen molar-refractivity contribution in [2.75, 3.05) is 6.54 Å². The van der Waals surface area contributed by atoms with Crippen molar-refractivity contribution in [2.24, 2.45) is 0 Å². The monoisotopic (exact) mass is 639 g/mol. The average Bonchev–Trinajstić information content (AvgIpc) is 2.95. The van der Waals surface area contributed by atoms with E-state index in [4.69, 9.17) is 0 Å². The topological polar surface area (TPSA) is 123 Å². The molecule has 1 saturated heterocycles. The van der Waals surface area contributed by atoms with E-state index in [1.165, 1.54) is 12.4 Å². The molecule has 9 nitrogen and oxygen atoms in total. The van der Waals surface area contributed by atoms with Gasteiger partial charge in [-0.1, -0.05) is 38.1 Å². The number of hydrogen-bond acceptors (Lipinski definition) is 7. The second-order valence-electron chi connectivity index (χ2n) is 10.6. The highest BCUT2D eigenvalue weighted by molar-refractivity contribution is 7.91. The predicted molar refractivity (Wildman–Crippen MR) is 153 cm³/mol. The van der Waals surface area contributed by atoms with Crippen LogP contribution in [-0.2, 0) is 37.0 Å². The minimum Gasteiger partial charge on any atom is -0.406 e. The third-order valence-electron chi connectivity index (χ3n) is 7.21. The number of benzene rings is 2. The van der Waals surface area contributed by atoms with Gasteiger partial charge in [-0.25, -0.2) is 16.8 Å². The highest BCUT2D eigenvalue weighted by atomic mass is 32.2. The molecule has 0 saturated carbocycles. The third kappa shape index (κ3) is 8.33. The van der Waals surface area contributed by atoms with Crippen molar-refractivity contribution in [1.82, 2.24) is 14.6 Å². The Morgan fingerprint density at radius 2 is 1.60 bits per heavy atom. The molecular formula is C29H32F3N3O6S2. The number of piperidine rings is 1. The van der Waals surface area contributed by atoms with Gasteiger partial charge in [-0.15, -0.1) is 13.2 Å². The Hall–Kier alpha value is -3.49. The quantitative estimate of drug-likeness (QED) is 0.345. The van der Waals surface area contributed by atoms with Crippen LogP contribution in [0.5, 0.6) is 5.75 Å². The Labute approximate surface area is 249 Å². The summed E-state index contributed by atoms with van der Waals surface area (Å²) in [5, 5.41) is 1.73. The minimum atomic E-state index is -4.96. The maximum Gasteiger partial charge on any atom is 0.573 e. The van der Waals surface area contributed by atoms with Gasteiger partial charge in [-0.05, 0) is 71.8 Å². The normalized spacial score (nSPS) is 18.4. The maximum atomic E-state index is 13.6. The second-order valence-corrected chi connectivity index (χ2v) is 14.7. The molecule has 232 valence electrons. The summed E-state index contributed by atoms with van der Waals surface area (Å²) in [6, 6.07) is 12.9. The van der Waals surface area contributed by atoms with Crippen LogP contribution in [0.1, 0.15) is 49.3 Å². The van der Waals surface area contributed by atoms with E-state index in [0.717, 1.165) is 39.7 Å². The molecule has 0 spiro atoms. The molecule has 0 unspecified atom stereocenters. The molecule has 2 aromatic carbocycles. The van der Waals surface area contributed by atoms with Crippen LogP contribution >= 0.6 is 0 Å². The molecule has 1 aliphatic rings. The van der Waals surface area contributed by atoms with Crippen LogP contribution in [0, 0.1) is 0 Å². The Kier molecular flexibility index (Phi) is 9.82. The van der Waals surface area contributed by atoms with Gasteiger partial charge in [0, 0.05) is 25.5 Å². The maximum absolute atomic E-state index is 13.6. The number of nitrogens with zero attached hydrogens (tertiary/aromatic N) is 2. The van der Waals surface area contributed by atoms with Crippen molar-refractivity contribution in [1.29, 1.82) is 0 Å². The van der Waals surface area contributed by atoms with Gasteiger partial charge in [0.1, 0.15) is 11.8 Å². The number of amides is 1. The molecule has 4 rings (SSSR count). The van der Waals surface area contributed by atoms with Gasteiger partial charge in [0.25, 0.3) is 0 Å². The van der Waals surface area contributed by atoms with E-state index in [-0.39, 0.29) is 36.6 Å². The zero-order valence-electron chi connectivity index (χ0n) is 23.5. The van der Waals surface area contributed by atoms with Crippen LogP contribution < -0.4 is 10.1 Å². The molecule has 0 radical (unpaired) electrons. The van der Waals surface area contributed by atoms with Crippen LogP contribution in [0.4, 0.5) is 13.2 Å². The number of carbonyl (C=O) groups excluding carboxylic acids is 1. The number of nitrogens with one attached hydrogen (secondary N) is 1. The van der Waals surface area contributed by atoms with E-state index in [1.54, 1.807) is 12.1 Å². The summed E-state index contributed by atoms with van der Waals surface area (Å²) in [6.45, 7) is 3.89. The van der Waals surface area contributed by atoms with Crippen LogP contribution in [0.15, 0.2) is 78.0 Å². The summed E-state index contributed by atoms with van der Waals surface area (Å²) in [4.78, 5) is 17.0. The number of sulfonamides is 1. The summed E-state index contributed by atoms with van der Waals surface area (Å²) in [6.07, 6.45) is -2.38. The number of aromatic nitrogens is 1. The lowest BCUT2D eigenvalue weighted by Crippen LogP contribution is -2.55. The van der Waals surface area contributed by atoms with Gasteiger partial charge in [0.05, 0.1) is 15.9 Å². The van der Waals surface area contributed by atoms with Gasteiger partial charge in [0.15, 0.2) is 9.84 Å². The first-order chi connectivity index (χ1) is 20.2. The van der Waals surface area contributed by atoms with E-state index < -0.39 is 49.2 Å². The fraction of sp³-hybridized carbons (Fsp3) is 0.379. The molecular weight excluding hydrogens is 607 g/mol. The highest BCUT2D eigenvalue weighted by Crippen LogP contribution is 2.32. The number of hydrogen-bond donors (Lipinski definition) is 1. The summed E-state index contributed by atoms with van der Waals surface area (Å²) in [5.74, 6) is -1.28. The molecule has 0 aliphatic carbocycles. The third-order valence-corrected chi connectivity index (χ3v) is 11.3.